The van der Waals surface area contributed by atoms with Crippen LogP contribution in [0.25, 0.3) is 10.9 Å². The molecule has 4 nitrogen and oxygen atoms in total. The van der Waals surface area contributed by atoms with Crippen LogP contribution in [-0.4, -0.2) is 29.6 Å². The molecule has 1 aromatic carbocycles. The molecule has 1 saturated heterocycles. The summed E-state index contributed by atoms with van der Waals surface area (Å²) in [5.41, 5.74) is 2.28. The molecule has 1 aliphatic heterocycles. The Hall–Kier alpha value is -1.39. The number of aryl methyl sites for hydroxylation is 1. The molecular formula is C17H24N2O2. The van der Waals surface area contributed by atoms with E-state index in [-0.39, 0.29) is 0 Å². The number of hydrogen-bond acceptors (Lipinski definition) is 3. The van der Waals surface area contributed by atoms with Crippen LogP contribution < -0.4 is 0 Å². The number of ether oxygens (including phenoxy) is 2. The Morgan fingerprint density at radius 1 is 1.29 bits per heavy atom. The van der Waals surface area contributed by atoms with Gasteiger partial charge in [-0.25, -0.2) is 0 Å². The van der Waals surface area contributed by atoms with Crippen LogP contribution in [-0.2, 0) is 22.6 Å². The second kappa shape index (κ2) is 7.05. The topological polar surface area (TPSA) is 36.3 Å². The van der Waals surface area contributed by atoms with Crippen molar-refractivity contribution in [2.24, 2.45) is 5.92 Å². The third-order valence-corrected chi connectivity index (χ3v) is 4.27. The maximum absolute atomic E-state index is 5.54. The highest BCUT2D eigenvalue weighted by molar-refractivity contribution is 5.81. The molecule has 0 atom stereocenters. The van der Waals surface area contributed by atoms with Crippen molar-refractivity contribution in [1.29, 1.82) is 0 Å². The molecule has 0 saturated carbocycles. The monoisotopic (exact) mass is 288 g/mol. The maximum Gasteiger partial charge on any atom is 0.0960 e. The molecule has 2 heterocycles. The molecule has 1 aliphatic rings. The van der Waals surface area contributed by atoms with E-state index in [1.807, 2.05) is 6.92 Å². The van der Waals surface area contributed by atoms with Crippen LogP contribution in [0.5, 0.6) is 0 Å². The van der Waals surface area contributed by atoms with Gasteiger partial charge in [-0.15, -0.1) is 0 Å². The average molecular weight is 288 g/mol. The van der Waals surface area contributed by atoms with Crippen molar-refractivity contribution >= 4 is 10.9 Å². The Labute approximate surface area is 126 Å². The van der Waals surface area contributed by atoms with Gasteiger partial charge in [-0.1, -0.05) is 18.2 Å². The van der Waals surface area contributed by atoms with E-state index in [0.29, 0.717) is 6.61 Å². The summed E-state index contributed by atoms with van der Waals surface area (Å²) in [5.74, 6) is 0.775. The highest BCUT2D eigenvalue weighted by Crippen LogP contribution is 2.23. The van der Waals surface area contributed by atoms with Crippen molar-refractivity contribution in [3.8, 4) is 0 Å². The predicted octanol–water partition coefficient (Wildman–Crippen LogP) is 3.39. The summed E-state index contributed by atoms with van der Waals surface area (Å²) >= 11 is 0. The first-order valence-electron chi connectivity index (χ1n) is 7.98. The highest BCUT2D eigenvalue weighted by Gasteiger charge is 2.15. The Morgan fingerprint density at radius 2 is 2.10 bits per heavy atom. The number of fused-ring (bicyclic) bond motifs is 1. The second-order valence-electron chi connectivity index (χ2n) is 5.67. The smallest absolute Gasteiger partial charge is 0.0960 e. The number of rotatable bonds is 6. The first-order valence-corrected chi connectivity index (χ1v) is 7.98. The minimum absolute atomic E-state index is 0.598. The summed E-state index contributed by atoms with van der Waals surface area (Å²) in [6.07, 6.45) is 3.55. The lowest BCUT2D eigenvalue weighted by molar-refractivity contribution is 0.0623. The lowest BCUT2D eigenvalue weighted by Crippen LogP contribution is -2.17. The van der Waals surface area contributed by atoms with E-state index < -0.39 is 0 Å². The van der Waals surface area contributed by atoms with E-state index in [1.54, 1.807) is 0 Å². The minimum atomic E-state index is 0.598. The first-order chi connectivity index (χ1) is 10.4. The van der Waals surface area contributed by atoms with Crippen LogP contribution >= 0.6 is 0 Å². The summed E-state index contributed by atoms with van der Waals surface area (Å²) in [6, 6.07) is 8.45. The van der Waals surface area contributed by atoms with Crippen molar-refractivity contribution in [2.75, 3.05) is 19.8 Å². The molecule has 114 valence electrons. The van der Waals surface area contributed by atoms with Gasteiger partial charge in [0, 0.05) is 31.8 Å². The summed E-state index contributed by atoms with van der Waals surface area (Å²) in [6.45, 7) is 6.16. The summed E-state index contributed by atoms with van der Waals surface area (Å²) in [7, 11) is 0. The molecule has 0 aliphatic carbocycles. The van der Waals surface area contributed by atoms with Crippen LogP contribution in [0.1, 0.15) is 31.9 Å². The van der Waals surface area contributed by atoms with Crippen molar-refractivity contribution in [3.63, 3.8) is 0 Å². The van der Waals surface area contributed by atoms with E-state index in [4.69, 9.17) is 14.6 Å². The van der Waals surface area contributed by atoms with Crippen LogP contribution in [0, 0.1) is 5.92 Å². The molecule has 4 heteroatoms. The molecular weight excluding hydrogens is 264 g/mol. The summed E-state index contributed by atoms with van der Waals surface area (Å²) < 4.78 is 13.1. The van der Waals surface area contributed by atoms with E-state index in [1.165, 1.54) is 30.2 Å². The largest absolute Gasteiger partial charge is 0.381 e. The Kier molecular flexibility index (Phi) is 4.88. The van der Waals surface area contributed by atoms with Gasteiger partial charge in [-0.3, -0.25) is 4.68 Å². The fourth-order valence-corrected chi connectivity index (χ4v) is 3.01. The van der Waals surface area contributed by atoms with Crippen LogP contribution in [0.4, 0.5) is 0 Å². The lowest BCUT2D eigenvalue weighted by Gasteiger charge is -2.21. The third kappa shape index (κ3) is 3.44. The van der Waals surface area contributed by atoms with E-state index >= 15 is 0 Å². The second-order valence-corrected chi connectivity index (χ2v) is 5.67. The number of nitrogens with zero attached hydrogens (tertiary/aromatic N) is 2. The number of para-hydroxylation sites is 1. The maximum atomic E-state index is 5.54. The van der Waals surface area contributed by atoms with Gasteiger partial charge in [0.1, 0.15) is 0 Å². The molecule has 1 fully saturated rings. The van der Waals surface area contributed by atoms with Gasteiger partial charge in [0.25, 0.3) is 0 Å². The fourth-order valence-electron chi connectivity index (χ4n) is 3.01. The molecule has 21 heavy (non-hydrogen) atoms. The van der Waals surface area contributed by atoms with Crippen molar-refractivity contribution in [2.45, 2.75) is 39.3 Å². The third-order valence-electron chi connectivity index (χ3n) is 4.27. The van der Waals surface area contributed by atoms with Crippen molar-refractivity contribution in [1.82, 2.24) is 9.78 Å². The molecule has 0 spiro atoms. The molecule has 2 aromatic rings. The molecule has 0 N–H and O–H groups in total. The van der Waals surface area contributed by atoms with Gasteiger partial charge in [0.15, 0.2) is 0 Å². The zero-order valence-corrected chi connectivity index (χ0v) is 12.8. The zero-order chi connectivity index (χ0) is 14.5. The highest BCUT2D eigenvalue weighted by atomic mass is 16.5. The van der Waals surface area contributed by atoms with Crippen LogP contribution in [0.2, 0.25) is 0 Å². The van der Waals surface area contributed by atoms with Gasteiger partial charge in [0.2, 0.25) is 0 Å². The van der Waals surface area contributed by atoms with Gasteiger partial charge in [0.05, 0.1) is 17.8 Å². The first kappa shape index (κ1) is 14.5. The van der Waals surface area contributed by atoms with Gasteiger partial charge < -0.3 is 9.47 Å². The number of benzene rings is 1. The zero-order valence-electron chi connectivity index (χ0n) is 12.8. The van der Waals surface area contributed by atoms with Gasteiger partial charge in [-0.05, 0) is 38.2 Å². The molecule has 0 unspecified atom stereocenters. The fraction of sp³-hybridized carbons (Fsp3) is 0.588. The predicted molar refractivity (Wildman–Crippen MR) is 83.2 cm³/mol. The normalized spacial score (nSPS) is 16.6. The summed E-state index contributed by atoms with van der Waals surface area (Å²) in [4.78, 5) is 0. The molecule has 3 rings (SSSR count). The molecule has 0 radical (unpaired) electrons. The van der Waals surface area contributed by atoms with Gasteiger partial charge in [-0.2, -0.15) is 5.10 Å². The number of aromatic nitrogens is 2. The average Bonchev–Trinajstić information content (AvgIpc) is 2.90. The quantitative estimate of drug-likeness (QED) is 0.817. The van der Waals surface area contributed by atoms with Crippen molar-refractivity contribution in [3.05, 3.63) is 30.0 Å². The number of hydrogen-bond donors (Lipinski definition) is 0. The van der Waals surface area contributed by atoms with Crippen molar-refractivity contribution < 1.29 is 9.47 Å². The van der Waals surface area contributed by atoms with Crippen LogP contribution in [0.15, 0.2) is 24.3 Å². The Balaban J connectivity index is 1.74. The van der Waals surface area contributed by atoms with Crippen LogP contribution in [0.3, 0.4) is 0 Å². The molecule has 0 bridgehead atoms. The van der Waals surface area contributed by atoms with E-state index in [2.05, 4.69) is 28.9 Å². The van der Waals surface area contributed by atoms with E-state index in [0.717, 1.165) is 38.0 Å². The minimum Gasteiger partial charge on any atom is -0.381 e. The lowest BCUT2D eigenvalue weighted by atomic mass is 9.97. The Morgan fingerprint density at radius 3 is 2.90 bits per heavy atom. The molecule has 1 aromatic heterocycles. The SMILES string of the molecule is CCOCc1nn(CCC2CCOCC2)c2ccccc12. The van der Waals surface area contributed by atoms with Gasteiger partial charge >= 0.3 is 0 Å². The molecule has 0 amide bonds. The summed E-state index contributed by atoms with van der Waals surface area (Å²) in [5, 5.41) is 5.99. The Bertz CT molecular complexity index is 573. The van der Waals surface area contributed by atoms with E-state index in [9.17, 15) is 0 Å². The standard InChI is InChI=1S/C17H24N2O2/c1-2-20-13-16-15-5-3-4-6-17(15)19(18-16)10-7-14-8-11-21-12-9-14/h3-6,14H,2,7-13H2,1H3.